The van der Waals surface area contributed by atoms with E-state index in [1.54, 1.807) is 17.6 Å². The van der Waals surface area contributed by atoms with Crippen molar-refractivity contribution in [1.29, 1.82) is 0 Å². The van der Waals surface area contributed by atoms with E-state index in [1.165, 1.54) is 0 Å². The van der Waals surface area contributed by atoms with Crippen LogP contribution in [0.3, 0.4) is 0 Å². The molecule has 2 aromatic rings. The van der Waals surface area contributed by atoms with Crippen molar-refractivity contribution in [3.63, 3.8) is 0 Å². The lowest BCUT2D eigenvalue weighted by Gasteiger charge is -2.12. The Balaban J connectivity index is 1.93. The predicted molar refractivity (Wildman–Crippen MR) is 70.5 cm³/mol. The molecule has 18 heavy (non-hydrogen) atoms. The zero-order valence-electron chi connectivity index (χ0n) is 9.87. The van der Waals surface area contributed by atoms with Crippen molar-refractivity contribution in [3.05, 3.63) is 57.2 Å². The van der Waals surface area contributed by atoms with Crippen LogP contribution in [0.2, 0.25) is 0 Å². The largest absolute Gasteiger partial charge is 0.324 e. The molecule has 5 nitrogen and oxygen atoms in total. The third kappa shape index (κ3) is 3.12. The fraction of sp³-hybridized carbons (Fsp3) is 0.250. The van der Waals surface area contributed by atoms with Crippen molar-refractivity contribution in [2.45, 2.75) is 19.5 Å². The van der Waals surface area contributed by atoms with E-state index in [-0.39, 0.29) is 16.0 Å². The van der Waals surface area contributed by atoms with Gasteiger partial charge in [0.1, 0.15) is 0 Å². The number of pyridine rings is 1. The molecule has 0 saturated heterocycles. The van der Waals surface area contributed by atoms with E-state index in [1.807, 2.05) is 25.3 Å². The van der Waals surface area contributed by atoms with Crippen LogP contribution in [0.4, 0.5) is 5.00 Å². The van der Waals surface area contributed by atoms with Gasteiger partial charge in [-0.25, -0.2) is 0 Å². The Morgan fingerprint density at radius 1 is 1.61 bits per heavy atom. The van der Waals surface area contributed by atoms with E-state index in [9.17, 15) is 10.1 Å². The molecule has 6 heteroatoms. The fourth-order valence-electron chi connectivity index (χ4n) is 1.57. The van der Waals surface area contributed by atoms with Crippen LogP contribution < -0.4 is 5.32 Å². The van der Waals surface area contributed by atoms with Gasteiger partial charge in [-0.1, -0.05) is 17.4 Å². The van der Waals surface area contributed by atoms with E-state index in [4.69, 9.17) is 0 Å². The Morgan fingerprint density at radius 3 is 3.06 bits per heavy atom. The van der Waals surface area contributed by atoms with E-state index < -0.39 is 0 Å². The second kappa shape index (κ2) is 5.70. The molecule has 0 saturated carbocycles. The van der Waals surface area contributed by atoms with Crippen LogP contribution in [0.1, 0.15) is 24.1 Å². The maximum Gasteiger partial charge on any atom is 0.324 e. The van der Waals surface area contributed by atoms with Gasteiger partial charge >= 0.3 is 5.00 Å². The van der Waals surface area contributed by atoms with Gasteiger partial charge in [0, 0.05) is 36.4 Å². The number of rotatable bonds is 5. The van der Waals surface area contributed by atoms with E-state index in [0.29, 0.717) is 6.54 Å². The molecule has 2 rings (SSSR count). The summed E-state index contributed by atoms with van der Waals surface area (Å²) in [7, 11) is 0. The highest BCUT2D eigenvalue weighted by atomic mass is 32.1. The molecule has 0 amide bonds. The molecule has 0 bridgehead atoms. The topological polar surface area (TPSA) is 68.1 Å². The van der Waals surface area contributed by atoms with Gasteiger partial charge in [-0.15, -0.1) is 0 Å². The third-order valence-corrected chi connectivity index (χ3v) is 3.55. The predicted octanol–water partition coefficient (Wildman–Crippen LogP) is 2.90. The number of hydrogen-bond acceptors (Lipinski definition) is 5. The highest BCUT2D eigenvalue weighted by Gasteiger charge is 2.10. The van der Waals surface area contributed by atoms with Crippen LogP contribution in [0, 0.1) is 10.1 Å². The van der Waals surface area contributed by atoms with E-state index >= 15 is 0 Å². The summed E-state index contributed by atoms with van der Waals surface area (Å²) < 4.78 is 0. The molecule has 0 aliphatic carbocycles. The van der Waals surface area contributed by atoms with Gasteiger partial charge < -0.3 is 5.32 Å². The fourth-order valence-corrected chi connectivity index (χ4v) is 2.30. The third-order valence-electron chi connectivity index (χ3n) is 2.62. The van der Waals surface area contributed by atoms with Gasteiger partial charge in [-0.2, -0.15) is 0 Å². The van der Waals surface area contributed by atoms with Crippen LogP contribution in [0.15, 0.2) is 36.0 Å². The zero-order valence-corrected chi connectivity index (χ0v) is 10.7. The number of thiophene rings is 1. The first-order valence-corrected chi connectivity index (χ1v) is 6.40. The van der Waals surface area contributed by atoms with Crippen molar-refractivity contribution >= 4 is 16.3 Å². The first kappa shape index (κ1) is 12.7. The van der Waals surface area contributed by atoms with Crippen molar-refractivity contribution in [2.24, 2.45) is 0 Å². The van der Waals surface area contributed by atoms with Crippen LogP contribution in [0.5, 0.6) is 0 Å². The molecule has 0 spiro atoms. The summed E-state index contributed by atoms with van der Waals surface area (Å²) in [5.74, 6) is 0. The lowest BCUT2D eigenvalue weighted by Crippen LogP contribution is -2.17. The van der Waals surface area contributed by atoms with Gasteiger partial charge in [-0.05, 0) is 24.1 Å². The maximum atomic E-state index is 10.6. The summed E-state index contributed by atoms with van der Waals surface area (Å²) in [6.45, 7) is 2.65. The first-order chi connectivity index (χ1) is 8.66. The van der Waals surface area contributed by atoms with Crippen molar-refractivity contribution in [1.82, 2.24) is 10.3 Å². The van der Waals surface area contributed by atoms with E-state index in [0.717, 1.165) is 22.5 Å². The zero-order chi connectivity index (χ0) is 13.0. The molecule has 0 aliphatic rings. The monoisotopic (exact) mass is 263 g/mol. The molecule has 1 N–H and O–H groups in total. The molecular weight excluding hydrogens is 250 g/mol. The number of nitro groups is 1. The van der Waals surface area contributed by atoms with Gasteiger partial charge in [0.25, 0.3) is 0 Å². The Morgan fingerprint density at radius 2 is 2.44 bits per heavy atom. The normalized spacial score (nSPS) is 12.3. The first-order valence-electron chi connectivity index (χ1n) is 5.52. The average Bonchev–Trinajstić information content (AvgIpc) is 2.86. The SMILES string of the molecule is CC(NCc1csc([N+](=O)[O-])c1)c1cccnc1. The van der Waals surface area contributed by atoms with Gasteiger partial charge in [0.15, 0.2) is 0 Å². The molecule has 1 atom stereocenters. The van der Waals surface area contributed by atoms with Gasteiger partial charge in [0.05, 0.1) is 4.92 Å². The van der Waals surface area contributed by atoms with Crippen molar-refractivity contribution < 1.29 is 4.92 Å². The van der Waals surface area contributed by atoms with Gasteiger partial charge in [-0.3, -0.25) is 15.1 Å². The summed E-state index contributed by atoms with van der Waals surface area (Å²) in [6.07, 6.45) is 3.55. The number of nitrogens with one attached hydrogen (secondary N) is 1. The minimum atomic E-state index is -0.362. The van der Waals surface area contributed by atoms with Crippen LogP contribution in [-0.4, -0.2) is 9.91 Å². The smallest absolute Gasteiger partial charge is 0.306 e. The summed E-state index contributed by atoms with van der Waals surface area (Å²) in [5.41, 5.74) is 2.03. The maximum absolute atomic E-state index is 10.6. The molecule has 0 fully saturated rings. The van der Waals surface area contributed by atoms with E-state index in [2.05, 4.69) is 10.3 Å². The summed E-state index contributed by atoms with van der Waals surface area (Å²) in [4.78, 5) is 14.3. The standard InChI is InChI=1S/C12H13N3O2S/c1-9(11-3-2-4-13-7-11)14-6-10-5-12(15(16)17)18-8-10/h2-5,7-9,14H,6H2,1H3. The highest BCUT2D eigenvalue weighted by Crippen LogP contribution is 2.23. The number of hydrogen-bond donors (Lipinski definition) is 1. The van der Waals surface area contributed by atoms with Crippen LogP contribution in [-0.2, 0) is 6.54 Å². The lowest BCUT2D eigenvalue weighted by molar-refractivity contribution is -0.380. The summed E-state index contributed by atoms with van der Waals surface area (Å²) in [6, 6.07) is 5.66. The molecule has 2 aromatic heterocycles. The Labute approximate surface area is 109 Å². The summed E-state index contributed by atoms with van der Waals surface area (Å²) in [5, 5.41) is 15.9. The molecule has 0 aliphatic heterocycles. The van der Waals surface area contributed by atoms with Crippen molar-refractivity contribution in [2.75, 3.05) is 0 Å². The second-order valence-electron chi connectivity index (χ2n) is 3.94. The number of nitrogens with zero attached hydrogens (tertiary/aromatic N) is 2. The lowest BCUT2D eigenvalue weighted by atomic mass is 10.1. The second-order valence-corrected chi connectivity index (χ2v) is 4.83. The molecule has 0 aromatic carbocycles. The van der Waals surface area contributed by atoms with Crippen LogP contribution in [0.25, 0.3) is 0 Å². The van der Waals surface area contributed by atoms with Gasteiger partial charge in [0.2, 0.25) is 0 Å². The Bertz CT molecular complexity index is 527. The average molecular weight is 263 g/mol. The molecular formula is C12H13N3O2S. The minimum absolute atomic E-state index is 0.164. The summed E-state index contributed by atoms with van der Waals surface area (Å²) >= 11 is 1.15. The molecule has 94 valence electrons. The number of aromatic nitrogens is 1. The molecule has 0 radical (unpaired) electrons. The minimum Gasteiger partial charge on any atom is -0.306 e. The van der Waals surface area contributed by atoms with Crippen molar-refractivity contribution in [3.8, 4) is 0 Å². The highest BCUT2D eigenvalue weighted by molar-refractivity contribution is 7.13. The Hall–Kier alpha value is -1.79. The van der Waals surface area contributed by atoms with Crippen LogP contribution >= 0.6 is 11.3 Å². The molecule has 2 heterocycles. The molecule has 1 unspecified atom stereocenters. The Kier molecular flexibility index (Phi) is 4.01. The quantitative estimate of drug-likeness (QED) is 0.665.